The second-order valence-corrected chi connectivity index (χ2v) is 4.53. The second-order valence-electron chi connectivity index (χ2n) is 4.53. The summed E-state index contributed by atoms with van der Waals surface area (Å²) in [5.41, 5.74) is 0.132. The summed E-state index contributed by atoms with van der Waals surface area (Å²) in [4.78, 5) is 28.4. The number of carbonyl (C=O) groups excluding carboxylic acids is 1. The maximum atomic E-state index is 11.9. The fourth-order valence-corrected chi connectivity index (χ4v) is 2.05. The third kappa shape index (κ3) is 3.67. The highest BCUT2D eigenvalue weighted by Gasteiger charge is 2.15. The molecule has 0 radical (unpaired) electrons. The summed E-state index contributed by atoms with van der Waals surface area (Å²) in [5.74, 6) is -0.442. The maximum absolute atomic E-state index is 11.9. The predicted octanol–water partition coefficient (Wildman–Crippen LogP) is 1.20. The van der Waals surface area contributed by atoms with Crippen LogP contribution in [0.25, 0.3) is 0 Å². The van der Waals surface area contributed by atoms with Gasteiger partial charge >= 0.3 is 5.97 Å². The van der Waals surface area contributed by atoms with Crippen LogP contribution in [0.4, 0.5) is 5.82 Å². The fraction of sp³-hybridized carbons (Fsp3) is 0.462. The second kappa shape index (κ2) is 6.17. The molecule has 1 aliphatic heterocycles. The molecule has 6 heteroatoms. The number of rotatable bonds is 4. The molecular weight excluding hydrogens is 246 g/mol. The number of hydrogen-bond donors (Lipinski definition) is 2. The normalized spacial score (nSPS) is 15.1. The number of carboxylic acids is 1. The van der Waals surface area contributed by atoms with Crippen LogP contribution in [0.1, 0.15) is 29.6 Å². The van der Waals surface area contributed by atoms with E-state index in [-0.39, 0.29) is 18.0 Å². The van der Waals surface area contributed by atoms with E-state index in [1.54, 1.807) is 6.07 Å². The van der Waals surface area contributed by atoms with Crippen LogP contribution in [-0.2, 0) is 4.79 Å². The van der Waals surface area contributed by atoms with Crippen molar-refractivity contribution >= 4 is 17.7 Å². The zero-order valence-electron chi connectivity index (χ0n) is 10.6. The van der Waals surface area contributed by atoms with E-state index in [0.717, 1.165) is 25.9 Å². The molecule has 0 saturated carbocycles. The molecule has 2 rings (SSSR count). The number of amides is 1. The van der Waals surface area contributed by atoms with Crippen molar-refractivity contribution in [3.63, 3.8) is 0 Å². The monoisotopic (exact) mass is 263 g/mol. The van der Waals surface area contributed by atoms with Crippen LogP contribution in [0.15, 0.2) is 18.3 Å². The first-order valence-electron chi connectivity index (χ1n) is 6.38. The lowest BCUT2D eigenvalue weighted by Crippen LogP contribution is -2.39. The van der Waals surface area contributed by atoms with E-state index in [9.17, 15) is 9.59 Å². The summed E-state index contributed by atoms with van der Waals surface area (Å²) in [6.07, 6.45) is 4.60. The van der Waals surface area contributed by atoms with Gasteiger partial charge in [-0.1, -0.05) is 0 Å². The summed E-state index contributed by atoms with van der Waals surface area (Å²) in [5, 5.41) is 11.7. The lowest BCUT2D eigenvalue weighted by atomic mass is 10.1. The average Bonchev–Trinajstić information content (AvgIpc) is 2.46. The van der Waals surface area contributed by atoms with Crippen LogP contribution in [0.2, 0.25) is 0 Å². The molecule has 19 heavy (non-hydrogen) atoms. The number of pyridine rings is 1. The number of aromatic nitrogens is 1. The van der Waals surface area contributed by atoms with Crippen molar-refractivity contribution in [2.24, 2.45) is 0 Å². The van der Waals surface area contributed by atoms with Crippen LogP contribution >= 0.6 is 0 Å². The van der Waals surface area contributed by atoms with Crippen molar-refractivity contribution in [3.05, 3.63) is 23.9 Å². The fourth-order valence-electron chi connectivity index (χ4n) is 2.05. The van der Waals surface area contributed by atoms with Crippen molar-refractivity contribution < 1.29 is 14.7 Å². The highest BCUT2D eigenvalue weighted by Crippen LogP contribution is 2.09. The molecule has 1 aliphatic rings. The van der Waals surface area contributed by atoms with Gasteiger partial charge in [-0.05, 0) is 31.4 Å². The first-order chi connectivity index (χ1) is 9.16. The van der Waals surface area contributed by atoms with Crippen LogP contribution < -0.4 is 5.32 Å². The van der Waals surface area contributed by atoms with Crippen molar-refractivity contribution in [1.82, 2.24) is 9.88 Å². The van der Waals surface area contributed by atoms with E-state index in [1.807, 2.05) is 4.90 Å². The first kappa shape index (κ1) is 13.3. The Morgan fingerprint density at radius 3 is 2.58 bits per heavy atom. The highest BCUT2D eigenvalue weighted by atomic mass is 16.4. The Morgan fingerprint density at radius 1 is 1.26 bits per heavy atom. The number of anilines is 1. The molecular formula is C13H17N3O3. The maximum Gasteiger partial charge on any atom is 0.337 e. The van der Waals surface area contributed by atoms with E-state index in [0.29, 0.717) is 5.82 Å². The van der Waals surface area contributed by atoms with Crippen LogP contribution in [0, 0.1) is 0 Å². The summed E-state index contributed by atoms with van der Waals surface area (Å²) in [7, 11) is 0. The quantitative estimate of drug-likeness (QED) is 0.853. The van der Waals surface area contributed by atoms with Gasteiger partial charge in [0.1, 0.15) is 5.82 Å². The predicted molar refractivity (Wildman–Crippen MR) is 70.1 cm³/mol. The van der Waals surface area contributed by atoms with E-state index >= 15 is 0 Å². The number of piperidine rings is 1. The van der Waals surface area contributed by atoms with Gasteiger partial charge in [-0.2, -0.15) is 0 Å². The SMILES string of the molecule is O=C(O)c1ccc(NCC(=O)N2CCCCC2)nc1. The highest BCUT2D eigenvalue weighted by molar-refractivity contribution is 5.87. The molecule has 0 aliphatic carbocycles. The molecule has 6 nitrogen and oxygen atoms in total. The molecule has 0 bridgehead atoms. The molecule has 1 fully saturated rings. The average molecular weight is 263 g/mol. The number of hydrogen-bond acceptors (Lipinski definition) is 4. The van der Waals surface area contributed by atoms with Gasteiger partial charge in [0.05, 0.1) is 12.1 Å². The number of nitrogens with zero attached hydrogens (tertiary/aromatic N) is 2. The van der Waals surface area contributed by atoms with Gasteiger partial charge in [-0.3, -0.25) is 4.79 Å². The minimum Gasteiger partial charge on any atom is -0.478 e. The number of carbonyl (C=O) groups is 2. The van der Waals surface area contributed by atoms with Crippen LogP contribution in [0.5, 0.6) is 0 Å². The molecule has 102 valence electrons. The van der Waals surface area contributed by atoms with Crippen molar-refractivity contribution in [2.75, 3.05) is 25.0 Å². The molecule has 0 atom stereocenters. The number of nitrogens with one attached hydrogen (secondary N) is 1. The van der Waals surface area contributed by atoms with Gasteiger partial charge in [-0.25, -0.2) is 9.78 Å². The third-order valence-electron chi connectivity index (χ3n) is 3.14. The minimum atomic E-state index is -1.01. The molecule has 0 aromatic carbocycles. The molecule has 0 unspecified atom stereocenters. The van der Waals surface area contributed by atoms with Gasteiger partial charge in [0.15, 0.2) is 0 Å². The van der Waals surface area contributed by atoms with Crippen molar-refractivity contribution in [1.29, 1.82) is 0 Å². The van der Waals surface area contributed by atoms with E-state index < -0.39 is 5.97 Å². The Kier molecular flexibility index (Phi) is 4.33. The zero-order valence-corrected chi connectivity index (χ0v) is 10.6. The lowest BCUT2D eigenvalue weighted by Gasteiger charge is -2.26. The Morgan fingerprint density at radius 2 is 2.00 bits per heavy atom. The van der Waals surface area contributed by atoms with Crippen molar-refractivity contribution in [2.45, 2.75) is 19.3 Å². The van der Waals surface area contributed by atoms with Crippen LogP contribution in [-0.4, -0.2) is 46.5 Å². The third-order valence-corrected chi connectivity index (χ3v) is 3.14. The Bertz CT molecular complexity index is 453. The molecule has 1 aromatic rings. The summed E-state index contributed by atoms with van der Waals surface area (Å²) < 4.78 is 0. The van der Waals surface area contributed by atoms with Gasteiger partial charge in [0.25, 0.3) is 0 Å². The summed E-state index contributed by atoms with van der Waals surface area (Å²) in [6, 6.07) is 3.02. The van der Waals surface area contributed by atoms with E-state index in [2.05, 4.69) is 10.3 Å². The van der Waals surface area contributed by atoms with Gasteiger partial charge < -0.3 is 15.3 Å². The van der Waals surface area contributed by atoms with E-state index in [4.69, 9.17) is 5.11 Å². The number of carboxylic acid groups (broad SMARTS) is 1. The van der Waals surface area contributed by atoms with Crippen LogP contribution in [0.3, 0.4) is 0 Å². The lowest BCUT2D eigenvalue weighted by molar-refractivity contribution is -0.130. The number of aromatic carboxylic acids is 1. The summed E-state index contributed by atoms with van der Waals surface area (Å²) >= 11 is 0. The largest absolute Gasteiger partial charge is 0.478 e. The van der Waals surface area contributed by atoms with Crippen molar-refractivity contribution in [3.8, 4) is 0 Å². The Labute approximate surface area is 111 Å². The zero-order chi connectivity index (χ0) is 13.7. The molecule has 0 spiro atoms. The Hall–Kier alpha value is -2.11. The molecule has 2 N–H and O–H groups in total. The minimum absolute atomic E-state index is 0.0591. The summed E-state index contributed by atoms with van der Waals surface area (Å²) in [6.45, 7) is 1.84. The van der Waals surface area contributed by atoms with Gasteiger partial charge in [-0.15, -0.1) is 0 Å². The molecule has 1 saturated heterocycles. The van der Waals surface area contributed by atoms with Gasteiger partial charge in [0, 0.05) is 19.3 Å². The van der Waals surface area contributed by atoms with Gasteiger partial charge in [0.2, 0.25) is 5.91 Å². The molecule has 1 amide bonds. The smallest absolute Gasteiger partial charge is 0.337 e. The Balaban J connectivity index is 1.84. The van der Waals surface area contributed by atoms with E-state index in [1.165, 1.54) is 18.7 Å². The molecule has 1 aromatic heterocycles. The first-order valence-corrected chi connectivity index (χ1v) is 6.38. The number of likely N-dealkylation sites (tertiary alicyclic amines) is 1. The standard InChI is InChI=1S/C13H17N3O3/c17-12(16-6-2-1-3-7-16)9-15-11-5-4-10(8-14-11)13(18)19/h4-5,8H,1-3,6-7,9H2,(H,14,15)(H,18,19). The molecule has 2 heterocycles. The topological polar surface area (TPSA) is 82.5 Å².